The highest BCUT2D eigenvalue weighted by molar-refractivity contribution is 5.93. The summed E-state index contributed by atoms with van der Waals surface area (Å²) in [6.45, 7) is 5.26. The van der Waals surface area contributed by atoms with Crippen LogP contribution in [0.5, 0.6) is 0 Å². The lowest BCUT2D eigenvalue weighted by molar-refractivity contribution is 0.0955. The normalized spacial score (nSPS) is 10.4. The van der Waals surface area contributed by atoms with Gasteiger partial charge in [-0.1, -0.05) is 6.92 Å². The van der Waals surface area contributed by atoms with E-state index in [4.69, 9.17) is 0 Å². The van der Waals surface area contributed by atoms with Crippen LogP contribution < -0.4 is 10.6 Å². The maximum atomic E-state index is 11.6. The molecule has 0 atom stereocenters. The van der Waals surface area contributed by atoms with Gasteiger partial charge in [0.15, 0.2) is 0 Å². The molecule has 2 heterocycles. The van der Waals surface area contributed by atoms with Gasteiger partial charge < -0.3 is 10.6 Å². The number of nitrogens with zero attached hydrogens (tertiary/aromatic N) is 3. The monoisotopic (exact) mass is 287 g/mol. The molecule has 21 heavy (non-hydrogen) atoms. The summed E-state index contributed by atoms with van der Waals surface area (Å²) in [5.74, 6) is 0.644. The number of rotatable bonds is 6. The summed E-state index contributed by atoms with van der Waals surface area (Å²) in [7, 11) is 1.92. The number of nitrogens with one attached hydrogen (secondary N) is 2. The third-order valence-corrected chi connectivity index (χ3v) is 3.15. The Balaban J connectivity index is 1.99. The van der Waals surface area contributed by atoms with Crippen LogP contribution in [0.1, 0.15) is 35.5 Å². The first-order valence-electron chi connectivity index (χ1n) is 7.13. The first kappa shape index (κ1) is 15.0. The molecule has 0 spiro atoms. The van der Waals surface area contributed by atoms with E-state index < -0.39 is 0 Å². The number of carbonyl (C=O) groups is 1. The zero-order valence-corrected chi connectivity index (χ0v) is 12.7. The first-order valence-corrected chi connectivity index (χ1v) is 7.13. The molecule has 1 amide bonds. The molecule has 112 valence electrons. The van der Waals surface area contributed by atoms with Crippen LogP contribution in [0.3, 0.4) is 0 Å². The van der Waals surface area contributed by atoms with Gasteiger partial charge in [0.05, 0.1) is 11.3 Å². The average molecular weight is 287 g/mol. The maximum Gasteiger partial charge on any atom is 0.252 e. The van der Waals surface area contributed by atoms with Crippen molar-refractivity contribution < 1.29 is 4.79 Å². The van der Waals surface area contributed by atoms with Crippen LogP contribution in [0.25, 0.3) is 0 Å². The van der Waals surface area contributed by atoms with Gasteiger partial charge >= 0.3 is 0 Å². The highest BCUT2D eigenvalue weighted by Gasteiger charge is 2.07. The number of hydrogen-bond donors (Lipinski definition) is 2. The third-order valence-electron chi connectivity index (χ3n) is 3.15. The fourth-order valence-corrected chi connectivity index (χ4v) is 2.11. The van der Waals surface area contributed by atoms with Gasteiger partial charge in [0.1, 0.15) is 5.82 Å². The van der Waals surface area contributed by atoms with Crippen LogP contribution in [-0.2, 0) is 20.0 Å². The van der Waals surface area contributed by atoms with E-state index in [2.05, 4.69) is 27.6 Å². The van der Waals surface area contributed by atoms with E-state index in [0.29, 0.717) is 18.7 Å². The molecule has 0 aliphatic rings. The molecule has 2 rings (SSSR count). The van der Waals surface area contributed by atoms with Crippen LogP contribution in [0, 0.1) is 0 Å². The molecular formula is C15H21N5O. The molecule has 0 unspecified atom stereocenters. The maximum absolute atomic E-state index is 11.6. The highest BCUT2D eigenvalue weighted by Crippen LogP contribution is 2.11. The van der Waals surface area contributed by atoms with Crippen molar-refractivity contribution >= 4 is 11.7 Å². The molecule has 0 aromatic carbocycles. The Hall–Kier alpha value is -2.37. The number of amides is 1. The van der Waals surface area contributed by atoms with Gasteiger partial charge in [-0.15, -0.1) is 0 Å². The summed E-state index contributed by atoms with van der Waals surface area (Å²) in [5, 5.41) is 10.4. The number of hydrogen-bond acceptors (Lipinski definition) is 4. The third kappa shape index (κ3) is 3.81. The lowest BCUT2D eigenvalue weighted by Gasteiger charge is -2.06. The van der Waals surface area contributed by atoms with E-state index in [9.17, 15) is 4.79 Å². The Labute approximate surface area is 124 Å². The second-order valence-electron chi connectivity index (χ2n) is 4.77. The molecule has 0 saturated carbocycles. The predicted octanol–water partition coefficient (Wildman–Crippen LogP) is 1.74. The molecular weight excluding hydrogens is 266 g/mol. The molecule has 0 aliphatic carbocycles. The summed E-state index contributed by atoms with van der Waals surface area (Å²) >= 11 is 0. The van der Waals surface area contributed by atoms with Gasteiger partial charge in [0, 0.05) is 38.1 Å². The molecule has 0 saturated heterocycles. The van der Waals surface area contributed by atoms with Crippen molar-refractivity contribution in [3.63, 3.8) is 0 Å². The topological polar surface area (TPSA) is 71.8 Å². The van der Waals surface area contributed by atoms with Gasteiger partial charge in [0.2, 0.25) is 0 Å². The van der Waals surface area contributed by atoms with Crippen LogP contribution in [-0.4, -0.2) is 27.2 Å². The summed E-state index contributed by atoms with van der Waals surface area (Å²) in [6.07, 6.45) is 4.49. The number of pyridine rings is 1. The summed E-state index contributed by atoms with van der Waals surface area (Å²) in [4.78, 5) is 15.9. The molecule has 6 nitrogen and oxygen atoms in total. The quantitative estimate of drug-likeness (QED) is 0.849. The molecule has 0 radical (unpaired) electrons. The van der Waals surface area contributed by atoms with Crippen LogP contribution in [0.2, 0.25) is 0 Å². The van der Waals surface area contributed by atoms with E-state index in [0.717, 1.165) is 23.5 Å². The van der Waals surface area contributed by atoms with Gasteiger partial charge in [-0.05, 0) is 25.5 Å². The molecule has 2 aromatic heterocycles. The van der Waals surface area contributed by atoms with E-state index in [1.807, 2.05) is 30.9 Å². The number of carbonyl (C=O) groups excluding carboxylic acids is 1. The van der Waals surface area contributed by atoms with Gasteiger partial charge in [-0.2, -0.15) is 5.10 Å². The van der Waals surface area contributed by atoms with Crippen molar-refractivity contribution in [2.75, 3.05) is 11.9 Å². The highest BCUT2D eigenvalue weighted by atomic mass is 16.1. The van der Waals surface area contributed by atoms with Crippen molar-refractivity contribution in [1.82, 2.24) is 20.1 Å². The second-order valence-corrected chi connectivity index (χ2v) is 4.77. The Bertz CT molecular complexity index is 603. The van der Waals surface area contributed by atoms with Crippen LogP contribution >= 0.6 is 0 Å². The summed E-state index contributed by atoms with van der Waals surface area (Å²) < 4.78 is 1.82. The van der Waals surface area contributed by atoms with Crippen LogP contribution in [0.15, 0.2) is 24.5 Å². The van der Waals surface area contributed by atoms with Crippen LogP contribution in [0.4, 0.5) is 5.82 Å². The van der Waals surface area contributed by atoms with Gasteiger partial charge in [0.25, 0.3) is 5.91 Å². The fourth-order valence-electron chi connectivity index (χ4n) is 2.11. The average Bonchev–Trinajstić information content (AvgIpc) is 2.86. The molecule has 6 heteroatoms. The zero-order valence-electron chi connectivity index (χ0n) is 12.7. The Morgan fingerprint density at radius 2 is 2.14 bits per heavy atom. The largest absolute Gasteiger partial charge is 0.366 e. The minimum atomic E-state index is -0.0999. The van der Waals surface area contributed by atoms with E-state index in [1.54, 1.807) is 12.3 Å². The van der Waals surface area contributed by atoms with Crippen molar-refractivity contribution in [3.05, 3.63) is 41.3 Å². The lowest BCUT2D eigenvalue weighted by Crippen LogP contribution is -2.22. The minimum absolute atomic E-state index is 0.0999. The Morgan fingerprint density at radius 1 is 1.33 bits per heavy atom. The number of aromatic nitrogens is 3. The van der Waals surface area contributed by atoms with Crippen molar-refractivity contribution in [3.8, 4) is 0 Å². The van der Waals surface area contributed by atoms with E-state index >= 15 is 0 Å². The standard InChI is InChI=1S/C15H21N5O/c1-4-13-12(10-20(3)19-13)9-18-14-7-6-11(8-17-14)15(21)16-5-2/h6-8,10H,4-5,9H2,1-3H3,(H,16,21)(H,17,18). The Kier molecular flexibility index (Phi) is 4.92. The number of anilines is 1. The van der Waals surface area contributed by atoms with E-state index in [-0.39, 0.29) is 5.91 Å². The van der Waals surface area contributed by atoms with Crippen molar-refractivity contribution in [1.29, 1.82) is 0 Å². The van der Waals surface area contributed by atoms with Crippen molar-refractivity contribution in [2.24, 2.45) is 7.05 Å². The summed E-state index contributed by atoms with van der Waals surface area (Å²) in [5.41, 5.74) is 2.82. The molecule has 2 aromatic rings. The fraction of sp³-hybridized carbons (Fsp3) is 0.400. The zero-order chi connectivity index (χ0) is 15.2. The Morgan fingerprint density at radius 3 is 2.76 bits per heavy atom. The second kappa shape index (κ2) is 6.88. The molecule has 0 aliphatic heterocycles. The van der Waals surface area contributed by atoms with Gasteiger partial charge in [-0.25, -0.2) is 4.98 Å². The SMILES string of the molecule is CCNC(=O)c1ccc(NCc2cn(C)nc2CC)nc1. The number of aryl methyl sites for hydroxylation is 2. The smallest absolute Gasteiger partial charge is 0.252 e. The predicted molar refractivity (Wildman–Crippen MR) is 82.2 cm³/mol. The van der Waals surface area contributed by atoms with Crippen molar-refractivity contribution in [2.45, 2.75) is 26.8 Å². The summed E-state index contributed by atoms with van der Waals surface area (Å²) in [6, 6.07) is 3.58. The van der Waals surface area contributed by atoms with Gasteiger partial charge in [-0.3, -0.25) is 9.48 Å². The molecule has 2 N–H and O–H groups in total. The van der Waals surface area contributed by atoms with E-state index in [1.165, 1.54) is 0 Å². The molecule has 0 fully saturated rings. The first-order chi connectivity index (χ1) is 10.1. The lowest BCUT2D eigenvalue weighted by atomic mass is 10.2. The molecule has 0 bridgehead atoms. The minimum Gasteiger partial charge on any atom is -0.366 e.